The van der Waals surface area contributed by atoms with Gasteiger partial charge in [0.15, 0.2) is 12.4 Å². The molecule has 0 aromatic carbocycles. The van der Waals surface area contributed by atoms with Crippen LogP contribution in [0.15, 0.2) is 24.5 Å². The lowest BCUT2D eigenvalue weighted by Gasteiger charge is -2.25. The summed E-state index contributed by atoms with van der Waals surface area (Å²) in [5.74, 6) is 0.244. The Morgan fingerprint density at radius 2 is 1.82 bits per heavy atom. The van der Waals surface area contributed by atoms with E-state index in [1.54, 1.807) is 0 Å². The van der Waals surface area contributed by atoms with Crippen molar-refractivity contribution in [3.05, 3.63) is 30.1 Å². The minimum Gasteiger partial charge on any atom is -1.00 e. The van der Waals surface area contributed by atoms with Crippen LogP contribution in [0.4, 0.5) is 0 Å². The fraction of sp³-hybridized carbons (Fsp3) is 0.538. The maximum atomic E-state index is 12.0. The molecule has 0 bridgehead atoms. The normalized spacial score (nSPS) is 15.2. The van der Waals surface area contributed by atoms with Crippen molar-refractivity contribution < 1.29 is 26.3 Å². The minimum absolute atomic E-state index is 0. The van der Waals surface area contributed by atoms with E-state index >= 15 is 0 Å². The number of carbonyl (C=O) groups is 1. The average molecular weight is 299 g/mol. The topological polar surface area (TPSA) is 24.2 Å². The van der Waals surface area contributed by atoms with Crippen molar-refractivity contribution in [1.82, 2.24) is 4.90 Å². The zero-order valence-electron chi connectivity index (χ0n) is 10.2. The molecule has 0 saturated carbocycles. The van der Waals surface area contributed by atoms with Crippen molar-refractivity contribution >= 4 is 5.91 Å². The number of halogens is 1. The van der Waals surface area contributed by atoms with Crippen LogP contribution in [-0.4, -0.2) is 23.9 Å². The Kier molecular flexibility index (Phi) is 5.62. The first-order valence-corrected chi connectivity index (χ1v) is 5.99. The molecule has 1 aliphatic rings. The molecule has 1 amide bonds. The molecule has 17 heavy (non-hydrogen) atoms. The number of rotatable bonds is 2. The van der Waals surface area contributed by atoms with Crippen molar-refractivity contribution in [3.63, 3.8) is 0 Å². The summed E-state index contributed by atoms with van der Waals surface area (Å²) in [4.78, 5) is 13.9. The predicted molar refractivity (Wildman–Crippen MR) is 61.8 cm³/mol. The van der Waals surface area contributed by atoms with Gasteiger partial charge in [-0.15, -0.1) is 0 Å². The molecule has 0 N–H and O–H groups in total. The van der Waals surface area contributed by atoms with Crippen molar-refractivity contribution in [1.29, 1.82) is 0 Å². The van der Waals surface area contributed by atoms with Crippen molar-refractivity contribution in [2.75, 3.05) is 13.1 Å². The molecular weight excluding hydrogens is 280 g/mol. The van der Waals surface area contributed by atoms with Gasteiger partial charge in [-0.05, 0) is 31.7 Å². The van der Waals surface area contributed by atoms with Crippen LogP contribution in [0.5, 0.6) is 0 Å². The van der Waals surface area contributed by atoms with E-state index in [0.717, 1.165) is 25.9 Å². The molecule has 94 valence electrons. The molecule has 0 atom stereocenters. The van der Waals surface area contributed by atoms with Crippen LogP contribution in [0.3, 0.4) is 0 Å². The van der Waals surface area contributed by atoms with Crippen LogP contribution < -0.4 is 21.5 Å². The van der Waals surface area contributed by atoms with Crippen LogP contribution in [0, 0.1) is 6.92 Å². The van der Waals surface area contributed by atoms with Gasteiger partial charge in [0.1, 0.15) is 0 Å². The van der Waals surface area contributed by atoms with E-state index < -0.39 is 0 Å². The molecule has 1 aromatic rings. The van der Waals surface area contributed by atoms with Crippen LogP contribution >= 0.6 is 0 Å². The molecule has 1 saturated heterocycles. The zero-order chi connectivity index (χ0) is 11.4. The third-order valence-electron chi connectivity index (χ3n) is 3.08. The van der Waals surface area contributed by atoms with Crippen molar-refractivity contribution in [3.8, 4) is 0 Å². The van der Waals surface area contributed by atoms with E-state index in [1.807, 2.05) is 34.0 Å². The quantitative estimate of drug-likeness (QED) is 0.597. The third-order valence-corrected chi connectivity index (χ3v) is 3.08. The van der Waals surface area contributed by atoms with Gasteiger partial charge in [0.2, 0.25) is 6.54 Å². The van der Waals surface area contributed by atoms with E-state index in [0.29, 0.717) is 6.54 Å². The first-order valence-electron chi connectivity index (χ1n) is 5.99. The molecule has 0 aliphatic carbocycles. The summed E-state index contributed by atoms with van der Waals surface area (Å²) in [5, 5.41) is 0. The van der Waals surface area contributed by atoms with Crippen LogP contribution in [0.1, 0.15) is 24.8 Å². The molecule has 0 unspecified atom stereocenters. The van der Waals surface area contributed by atoms with Crippen LogP contribution in [-0.2, 0) is 11.3 Å². The molecule has 4 heteroatoms. The highest BCUT2D eigenvalue weighted by Crippen LogP contribution is 2.08. The first-order chi connectivity index (χ1) is 7.75. The highest BCUT2D eigenvalue weighted by molar-refractivity contribution is 5.74. The van der Waals surface area contributed by atoms with Gasteiger partial charge in [0.25, 0.3) is 5.91 Å². The van der Waals surface area contributed by atoms with E-state index in [4.69, 9.17) is 0 Å². The summed E-state index contributed by atoms with van der Waals surface area (Å²) in [6.07, 6.45) is 7.52. The molecule has 1 aliphatic heterocycles. The molecule has 0 radical (unpaired) electrons. The van der Waals surface area contributed by atoms with Gasteiger partial charge >= 0.3 is 0 Å². The lowest BCUT2D eigenvalue weighted by atomic mass is 10.1. The van der Waals surface area contributed by atoms with E-state index in [9.17, 15) is 4.79 Å². The largest absolute Gasteiger partial charge is 1.00 e. The van der Waals surface area contributed by atoms with Crippen LogP contribution in [0.25, 0.3) is 0 Å². The van der Waals surface area contributed by atoms with Gasteiger partial charge in [-0.1, -0.05) is 0 Å². The standard InChI is InChI=1S/C13H19N2O.BrH/c1-12-5-9-14(10-6-12)11-13(16)15-7-3-2-4-8-15;/h5-6,9-10H,2-4,7-8,11H2,1H3;1H/q+1;/p-1. The third kappa shape index (κ3) is 4.11. The second-order valence-electron chi connectivity index (χ2n) is 4.49. The maximum Gasteiger partial charge on any atom is 0.288 e. The average Bonchev–Trinajstić information content (AvgIpc) is 2.33. The minimum atomic E-state index is 0. The highest BCUT2D eigenvalue weighted by Gasteiger charge is 2.19. The number of aromatic nitrogens is 1. The smallest absolute Gasteiger partial charge is 0.288 e. The summed E-state index contributed by atoms with van der Waals surface area (Å²) in [5.41, 5.74) is 1.22. The monoisotopic (exact) mass is 298 g/mol. The van der Waals surface area contributed by atoms with Crippen molar-refractivity contribution in [2.24, 2.45) is 0 Å². The summed E-state index contributed by atoms with van der Waals surface area (Å²) >= 11 is 0. The number of carbonyl (C=O) groups excluding carboxylic acids is 1. The summed E-state index contributed by atoms with van der Waals surface area (Å²) in [6, 6.07) is 4.06. The Labute approximate surface area is 113 Å². The predicted octanol–water partition coefficient (Wildman–Crippen LogP) is -1.70. The summed E-state index contributed by atoms with van der Waals surface area (Å²) in [7, 11) is 0. The maximum absolute atomic E-state index is 12.0. The number of piperidine rings is 1. The Bertz CT molecular complexity index is 358. The molecule has 2 heterocycles. The number of amides is 1. The number of pyridine rings is 1. The Morgan fingerprint density at radius 3 is 2.41 bits per heavy atom. The number of aryl methyl sites for hydroxylation is 1. The van der Waals surface area contributed by atoms with E-state index in [-0.39, 0.29) is 22.9 Å². The van der Waals surface area contributed by atoms with Crippen LogP contribution in [0.2, 0.25) is 0 Å². The number of hydrogen-bond donors (Lipinski definition) is 0. The number of likely N-dealkylation sites (tertiary alicyclic amines) is 1. The molecule has 0 spiro atoms. The second-order valence-corrected chi connectivity index (χ2v) is 4.49. The first kappa shape index (κ1) is 14.2. The molecule has 3 nitrogen and oxygen atoms in total. The fourth-order valence-electron chi connectivity index (χ4n) is 2.04. The van der Waals surface area contributed by atoms with Crippen molar-refractivity contribution in [2.45, 2.75) is 32.7 Å². The SMILES string of the molecule is Cc1cc[n+](CC(=O)N2CCCCC2)cc1.[Br-]. The lowest BCUT2D eigenvalue weighted by Crippen LogP contribution is -3.00. The molecule has 1 aromatic heterocycles. The second kappa shape index (κ2) is 6.74. The lowest BCUT2D eigenvalue weighted by molar-refractivity contribution is -0.685. The molecule has 2 rings (SSSR count). The van der Waals surface area contributed by atoms with Gasteiger partial charge in [-0.3, -0.25) is 4.79 Å². The Balaban J connectivity index is 0.00000144. The van der Waals surface area contributed by atoms with E-state index in [1.165, 1.54) is 12.0 Å². The number of hydrogen-bond acceptors (Lipinski definition) is 1. The summed E-state index contributed by atoms with van der Waals surface area (Å²) < 4.78 is 1.95. The fourth-order valence-corrected chi connectivity index (χ4v) is 2.04. The highest BCUT2D eigenvalue weighted by atomic mass is 79.9. The molecular formula is C13H19BrN2O. The zero-order valence-corrected chi connectivity index (χ0v) is 11.8. The summed E-state index contributed by atoms with van der Waals surface area (Å²) in [6.45, 7) is 4.40. The Hall–Kier alpha value is -0.900. The van der Waals surface area contributed by atoms with Gasteiger partial charge in [0, 0.05) is 25.2 Å². The van der Waals surface area contributed by atoms with Gasteiger partial charge in [-0.2, -0.15) is 4.57 Å². The van der Waals surface area contributed by atoms with E-state index in [2.05, 4.69) is 6.92 Å². The molecule has 1 fully saturated rings. The van der Waals surface area contributed by atoms with Gasteiger partial charge in [-0.25, -0.2) is 0 Å². The number of nitrogens with zero attached hydrogens (tertiary/aromatic N) is 2. The Morgan fingerprint density at radius 1 is 1.24 bits per heavy atom. The van der Waals surface area contributed by atoms with Gasteiger partial charge < -0.3 is 21.9 Å². The van der Waals surface area contributed by atoms with Gasteiger partial charge in [0.05, 0.1) is 0 Å².